The van der Waals surface area contributed by atoms with E-state index in [4.69, 9.17) is 4.74 Å². The van der Waals surface area contributed by atoms with Gasteiger partial charge in [-0.15, -0.1) is 0 Å². The molecule has 0 aliphatic carbocycles. The molecule has 1 atom stereocenters. The van der Waals surface area contributed by atoms with Crippen LogP contribution in [0.15, 0.2) is 16.8 Å². The number of nitrogens with one attached hydrogen (secondary N) is 1. The fourth-order valence-corrected chi connectivity index (χ4v) is 2.43. The zero-order chi connectivity index (χ0) is 9.64. The second-order valence-electron chi connectivity index (χ2n) is 3.75. The van der Waals surface area contributed by atoms with Crippen LogP contribution in [0.1, 0.15) is 24.8 Å². The number of rotatable bonds is 3. The minimum absolute atomic E-state index is 0.650. The van der Waals surface area contributed by atoms with Gasteiger partial charge in [-0.25, -0.2) is 0 Å². The molecule has 2 nitrogen and oxygen atoms in total. The highest BCUT2D eigenvalue weighted by Crippen LogP contribution is 2.10. The summed E-state index contributed by atoms with van der Waals surface area (Å²) < 4.78 is 5.42. The first kappa shape index (κ1) is 10.1. The smallest absolute Gasteiger partial charge is 0.0480 e. The molecule has 3 heteroatoms. The standard InChI is InChI=1S/C11H17NOS/c1-2-11(3-6-13-5-1)12-8-10-4-7-14-9-10/h4,7,9,11-12H,1-3,5-6,8H2. The van der Waals surface area contributed by atoms with E-state index in [1.165, 1.54) is 18.4 Å². The van der Waals surface area contributed by atoms with Crippen LogP contribution in [0.5, 0.6) is 0 Å². The topological polar surface area (TPSA) is 21.3 Å². The lowest BCUT2D eigenvalue weighted by Crippen LogP contribution is -2.28. The molecule has 1 aromatic rings. The van der Waals surface area contributed by atoms with E-state index in [2.05, 4.69) is 22.1 Å². The van der Waals surface area contributed by atoms with E-state index in [1.54, 1.807) is 11.3 Å². The van der Waals surface area contributed by atoms with E-state index in [9.17, 15) is 0 Å². The lowest BCUT2D eigenvalue weighted by Gasteiger charge is -2.14. The second kappa shape index (κ2) is 5.49. The van der Waals surface area contributed by atoms with Crippen molar-refractivity contribution < 1.29 is 4.74 Å². The molecular formula is C11H17NOS. The Morgan fingerprint density at radius 1 is 1.43 bits per heavy atom. The highest BCUT2D eigenvalue weighted by atomic mass is 32.1. The van der Waals surface area contributed by atoms with Gasteiger partial charge in [0, 0.05) is 25.8 Å². The van der Waals surface area contributed by atoms with Crippen LogP contribution in [0.3, 0.4) is 0 Å². The van der Waals surface area contributed by atoms with Gasteiger partial charge >= 0.3 is 0 Å². The zero-order valence-corrected chi connectivity index (χ0v) is 9.19. The molecule has 0 radical (unpaired) electrons. The minimum atomic E-state index is 0.650. The fraction of sp³-hybridized carbons (Fsp3) is 0.636. The second-order valence-corrected chi connectivity index (χ2v) is 4.53. The van der Waals surface area contributed by atoms with Crippen LogP contribution in [-0.2, 0) is 11.3 Å². The van der Waals surface area contributed by atoms with Crippen LogP contribution >= 0.6 is 11.3 Å². The maximum Gasteiger partial charge on any atom is 0.0480 e. The van der Waals surface area contributed by atoms with E-state index in [0.717, 1.165) is 26.2 Å². The average Bonchev–Trinajstić information content (AvgIpc) is 2.58. The Labute approximate surface area is 89.3 Å². The molecule has 0 saturated carbocycles. The summed E-state index contributed by atoms with van der Waals surface area (Å²) in [5.41, 5.74) is 1.40. The van der Waals surface area contributed by atoms with Gasteiger partial charge in [0.1, 0.15) is 0 Å². The summed E-state index contributed by atoms with van der Waals surface area (Å²) in [7, 11) is 0. The molecular weight excluding hydrogens is 194 g/mol. The molecule has 2 heterocycles. The number of hydrogen-bond acceptors (Lipinski definition) is 3. The van der Waals surface area contributed by atoms with Crippen molar-refractivity contribution >= 4 is 11.3 Å². The highest BCUT2D eigenvalue weighted by Gasteiger charge is 2.11. The number of hydrogen-bond donors (Lipinski definition) is 1. The first-order chi connectivity index (χ1) is 6.95. The molecule has 78 valence electrons. The summed E-state index contributed by atoms with van der Waals surface area (Å²) in [4.78, 5) is 0. The van der Waals surface area contributed by atoms with Gasteiger partial charge in [0.2, 0.25) is 0 Å². The van der Waals surface area contributed by atoms with Crippen molar-refractivity contribution in [2.45, 2.75) is 31.8 Å². The molecule has 1 aliphatic rings. The Morgan fingerprint density at radius 2 is 2.43 bits per heavy atom. The van der Waals surface area contributed by atoms with Gasteiger partial charge in [0.05, 0.1) is 0 Å². The quantitative estimate of drug-likeness (QED) is 0.829. The lowest BCUT2D eigenvalue weighted by atomic mass is 10.1. The van der Waals surface area contributed by atoms with E-state index >= 15 is 0 Å². The molecule has 0 amide bonds. The van der Waals surface area contributed by atoms with Crippen molar-refractivity contribution in [2.75, 3.05) is 13.2 Å². The van der Waals surface area contributed by atoms with Gasteiger partial charge in [-0.05, 0) is 41.7 Å². The van der Waals surface area contributed by atoms with Crippen molar-refractivity contribution in [3.05, 3.63) is 22.4 Å². The van der Waals surface area contributed by atoms with Crippen molar-refractivity contribution in [2.24, 2.45) is 0 Å². The summed E-state index contributed by atoms with van der Waals surface area (Å²) >= 11 is 1.77. The predicted octanol–water partition coefficient (Wildman–Crippen LogP) is 2.41. The number of ether oxygens (including phenoxy) is 1. The molecule has 2 rings (SSSR count). The molecule has 1 fully saturated rings. The van der Waals surface area contributed by atoms with Crippen LogP contribution in [0.25, 0.3) is 0 Å². The largest absolute Gasteiger partial charge is 0.381 e. The van der Waals surface area contributed by atoms with Gasteiger partial charge in [-0.3, -0.25) is 0 Å². The summed E-state index contributed by atoms with van der Waals surface area (Å²) in [6.45, 7) is 2.87. The van der Waals surface area contributed by atoms with Gasteiger partial charge < -0.3 is 10.1 Å². The molecule has 14 heavy (non-hydrogen) atoms. The normalized spacial score (nSPS) is 23.3. The Hall–Kier alpha value is -0.380. The molecule has 1 saturated heterocycles. The monoisotopic (exact) mass is 211 g/mol. The van der Waals surface area contributed by atoms with Crippen molar-refractivity contribution in [1.82, 2.24) is 5.32 Å². The molecule has 1 aromatic heterocycles. The third-order valence-electron chi connectivity index (χ3n) is 2.63. The molecule has 1 aliphatic heterocycles. The Morgan fingerprint density at radius 3 is 3.29 bits per heavy atom. The third-order valence-corrected chi connectivity index (χ3v) is 3.36. The Kier molecular flexibility index (Phi) is 3.98. The Bertz CT molecular complexity index is 240. The van der Waals surface area contributed by atoms with Crippen LogP contribution < -0.4 is 5.32 Å². The van der Waals surface area contributed by atoms with E-state index in [0.29, 0.717) is 6.04 Å². The lowest BCUT2D eigenvalue weighted by molar-refractivity contribution is 0.142. The molecule has 0 spiro atoms. The molecule has 0 bridgehead atoms. The minimum Gasteiger partial charge on any atom is -0.381 e. The van der Waals surface area contributed by atoms with Crippen LogP contribution in [0.2, 0.25) is 0 Å². The Balaban J connectivity index is 1.73. The van der Waals surface area contributed by atoms with Crippen LogP contribution in [0, 0.1) is 0 Å². The van der Waals surface area contributed by atoms with Gasteiger partial charge in [-0.2, -0.15) is 11.3 Å². The predicted molar refractivity (Wildman–Crippen MR) is 59.6 cm³/mol. The van der Waals surface area contributed by atoms with Crippen molar-refractivity contribution in [3.8, 4) is 0 Å². The van der Waals surface area contributed by atoms with Gasteiger partial charge in [0.25, 0.3) is 0 Å². The highest BCUT2D eigenvalue weighted by molar-refractivity contribution is 7.07. The third kappa shape index (κ3) is 3.08. The van der Waals surface area contributed by atoms with Gasteiger partial charge in [0.15, 0.2) is 0 Å². The first-order valence-corrected chi connectivity index (χ1v) is 6.21. The molecule has 1 unspecified atom stereocenters. The zero-order valence-electron chi connectivity index (χ0n) is 8.37. The summed E-state index contributed by atoms with van der Waals surface area (Å²) in [5.74, 6) is 0. The van der Waals surface area contributed by atoms with Crippen LogP contribution in [0.4, 0.5) is 0 Å². The summed E-state index contributed by atoms with van der Waals surface area (Å²) in [6, 6.07) is 2.84. The van der Waals surface area contributed by atoms with Crippen molar-refractivity contribution in [1.29, 1.82) is 0 Å². The first-order valence-electron chi connectivity index (χ1n) is 5.27. The van der Waals surface area contributed by atoms with E-state index in [1.807, 2.05) is 0 Å². The van der Waals surface area contributed by atoms with Crippen molar-refractivity contribution in [3.63, 3.8) is 0 Å². The van der Waals surface area contributed by atoms with Crippen LogP contribution in [-0.4, -0.2) is 19.3 Å². The fourth-order valence-electron chi connectivity index (χ4n) is 1.76. The number of thiophene rings is 1. The summed E-state index contributed by atoms with van der Waals surface area (Å²) in [6.07, 6.45) is 3.61. The molecule has 1 N–H and O–H groups in total. The maximum atomic E-state index is 5.42. The SMILES string of the molecule is c1cc(CNC2CCCOCC2)cs1. The van der Waals surface area contributed by atoms with Gasteiger partial charge in [-0.1, -0.05) is 0 Å². The molecule has 0 aromatic carbocycles. The summed E-state index contributed by atoms with van der Waals surface area (Å²) in [5, 5.41) is 7.93. The van der Waals surface area contributed by atoms with E-state index in [-0.39, 0.29) is 0 Å². The average molecular weight is 211 g/mol. The maximum absolute atomic E-state index is 5.42. The van der Waals surface area contributed by atoms with E-state index < -0.39 is 0 Å².